The molecule has 0 spiro atoms. The lowest BCUT2D eigenvalue weighted by atomic mass is 10.1. The fourth-order valence-electron chi connectivity index (χ4n) is 1.33. The molecule has 4 heteroatoms. The van der Waals surface area contributed by atoms with Crippen molar-refractivity contribution in [2.75, 3.05) is 6.54 Å². The van der Waals surface area contributed by atoms with E-state index in [-0.39, 0.29) is 5.91 Å². The van der Waals surface area contributed by atoms with E-state index in [2.05, 4.69) is 12.2 Å². The van der Waals surface area contributed by atoms with Crippen LogP contribution >= 0.6 is 0 Å². The van der Waals surface area contributed by atoms with Gasteiger partial charge in [-0.05, 0) is 6.42 Å². The molecule has 4 nitrogen and oxygen atoms in total. The van der Waals surface area contributed by atoms with Gasteiger partial charge in [0.25, 0.3) is 0 Å². The van der Waals surface area contributed by atoms with Gasteiger partial charge in [-0.2, -0.15) is 0 Å². The smallest absolute Gasteiger partial charge is 0.244 e. The second-order valence-electron chi connectivity index (χ2n) is 3.79. The number of rotatable bonds is 9. The quantitative estimate of drug-likeness (QED) is 0.462. The van der Waals surface area contributed by atoms with Gasteiger partial charge in [0.05, 0.1) is 0 Å². The van der Waals surface area contributed by atoms with E-state index in [0.29, 0.717) is 6.54 Å². The van der Waals surface area contributed by atoms with Crippen molar-refractivity contribution in [3.05, 3.63) is 12.2 Å². The van der Waals surface area contributed by atoms with Crippen molar-refractivity contribution in [2.45, 2.75) is 45.4 Å². The Morgan fingerprint density at radius 2 is 1.69 bits per heavy atom. The van der Waals surface area contributed by atoms with E-state index in [1.54, 1.807) is 0 Å². The Bertz CT molecular complexity index is 237. The molecule has 0 saturated heterocycles. The molecule has 0 atom stereocenters. The average Bonchev–Trinajstić information content (AvgIpc) is 2.25. The summed E-state index contributed by atoms with van der Waals surface area (Å²) < 4.78 is 0. The highest BCUT2D eigenvalue weighted by molar-refractivity contribution is 5.95. The fraction of sp³-hybridized carbons (Fsp3) is 0.667. The van der Waals surface area contributed by atoms with E-state index < -0.39 is 5.91 Å². The molecule has 0 aromatic carbocycles. The summed E-state index contributed by atoms with van der Waals surface area (Å²) in [5.41, 5.74) is 4.86. The van der Waals surface area contributed by atoms with Crippen molar-refractivity contribution in [2.24, 2.45) is 5.73 Å². The molecule has 0 aromatic rings. The van der Waals surface area contributed by atoms with E-state index in [1.165, 1.54) is 31.8 Å². The zero-order valence-corrected chi connectivity index (χ0v) is 10.00. The summed E-state index contributed by atoms with van der Waals surface area (Å²) in [6.07, 6.45) is 9.38. The summed E-state index contributed by atoms with van der Waals surface area (Å²) in [5, 5.41) is 2.70. The number of hydrogen-bond acceptors (Lipinski definition) is 2. The van der Waals surface area contributed by atoms with E-state index in [1.807, 2.05) is 0 Å². The Kier molecular flexibility index (Phi) is 9.36. The molecule has 0 rings (SSSR count). The highest BCUT2D eigenvalue weighted by Crippen LogP contribution is 2.03. The monoisotopic (exact) mass is 226 g/mol. The molecule has 0 radical (unpaired) electrons. The zero-order valence-electron chi connectivity index (χ0n) is 10.00. The Hall–Kier alpha value is -1.32. The molecule has 0 fully saturated rings. The van der Waals surface area contributed by atoms with E-state index in [0.717, 1.165) is 18.9 Å². The molecule has 0 aliphatic carbocycles. The van der Waals surface area contributed by atoms with Crippen LogP contribution in [-0.2, 0) is 9.59 Å². The summed E-state index contributed by atoms with van der Waals surface area (Å²) >= 11 is 0. The number of nitrogens with one attached hydrogen (secondary N) is 1. The first-order valence-electron chi connectivity index (χ1n) is 5.92. The molecule has 0 aliphatic heterocycles. The van der Waals surface area contributed by atoms with Gasteiger partial charge in [0, 0.05) is 18.7 Å². The van der Waals surface area contributed by atoms with Crippen LogP contribution in [0.25, 0.3) is 0 Å². The SMILES string of the molecule is CCCCCCCCNC(=O)C=CC(N)=O. The van der Waals surface area contributed by atoms with Crippen LogP contribution in [0.1, 0.15) is 45.4 Å². The van der Waals surface area contributed by atoms with E-state index in [9.17, 15) is 9.59 Å². The predicted molar refractivity (Wildman–Crippen MR) is 64.7 cm³/mol. The van der Waals surface area contributed by atoms with Gasteiger partial charge >= 0.3 is 0 Å². The van der Waals surface area contributed by atoms with Crippen LogP contribution < -0.4 is 11.1 Å². The van der Waals surface area contributed by atoms with Gasteiger partial charge in [0.2, 0.25) is 11.8 Å². The summed E-state index contributed by atoms with van der Waals surface area (Å²) in [6.45, 7) is 2.85. The van der Waals surface area contributed by atoms with Crippen molar-refractivity contribution in [1.82, 2.24) is 5.32 Å². The van der Waals surface area contributed by atoms with Crippen LogP contribution in [0.4, 0.5) is 0 Å². The predicted octanol–water partition coefficient (Wildman–Crippen LogP) is 1.50. The van der Waals surface area contributed by atoms with Crippen molar-refractivity contribution in [3.8, 4) is 0 Å². The van der Waals surface area contributed by atoms with Crippen LogP contribution in [-0.4, -0.2) is 18.4 Å². The molecule has 2 amide bonds. The lowest BCUT2D eigenvalue weighted by molar-refractivity contribution is -0.117. The summed E-state index contributed by atoms with van der Waals surface area (Å²) in [7, 11) is 0. The molecule has 0 saturated carbocycles. The topological polar surface area (TPSA) is 72.2 Å². The molecular weight excluding hydrogens is 204 g/mol. The molecule has 92 valence electrons. The fourth-order valence-corrected chi connectivity index (χ4v) is 1.33. The Morgan fingerprint density at radius 3 is 2.31 bits per heavy atom. The first-order valence-corrected chi connectivity index (χ1v) is 5.92. The summed E-state index contributed by atoms with van der Waals surface area (Å²) in [4.78, 5) is 21.4. The third kappa shape index (κ3) is 10.8. The van der Waals surface area contributed by atoms with E-state index in [4.69, 9.17) is 5.73 Å². The van der Waals surface area contributed by atoms with Crippen molar-refractivity contribution in [3.63, 3.8) is 0 Å². The second-order valence-corrected chi connectivity index (χ2v) is 3.79. The number of nitrogens with two attached hydrogens (primary N) is 1. The minimum Gasteiger partial charge on any atom is -0.366 e. The Labute approximate surface area is 97.3 Å². The Balaban J connectivity index is 3.31. The van der Waals surface area contributed by atoms with Crippen LogP contribution in [0.5, 0.6) is 0 Å². The van der Waals surface area contributed by atoms with Gasteiger partial charge in [-0.15, -0.1) is 0 Å². The Morgan fingerprint density at radius 1 is 1.06 bits per heavy atom. The van der Waals surface area contributed by atoms with Crippen LogP contribution in [0.15, 0.2) is 12.2 Å². The minimum absolute atomic E-state index is 0.257. The summed E-state index contributed by atoms with van der Waals surface area (Å²) in [5.74, 6) is -0.859. The number of carbonyl (C=O) groups excluding carboxylic acids is 2. The van der Waals surface area contributed by atoms with Crippen molar-refractivity contribution in [1.29, 1.82) is 0 Å². The molecule has 0 bridgehead atoms. The number of carbonyl (C=O) groups is 2. The van der Waals surface area contributed by atoms with Crippen molar-refractivity contribution < 1.29 is 9.59 Å². The van der Waals surface area contributed by atoms with Crippen LogP contribution in [0.2, 0.25) is 0 Å². The zero-order chi connectivity index (χ0) is 12.2. The highest BCUT2D eigenvalue weighted by atomic mass is 16.2. The number of primary amides is 1. The van der Waals surface area contributed by atoms with Gasteiger partial charge in [0.1, 0.15) is 0 Å². The normalized spacial score (nSPS) is 10.6. The van der Waals surface area contributed by atoms with Gasteiger partial charge < -0.3 is 11.1 Å². The number of amides is 2. The third-order valence-electron chi connectivity index (χ3n) is 2.23. The molecule has 0 heterocycles. The maximum atomic E-state index is 11.1. The first-order chi connectivity index (χ1) is 7.66. The maximum absolute atomic E-state index is 11.1. The third-order valence-corrected chi connectivity index (χ3v) is 2.23. The molecule has 16 heavy (non-hydrogen) atoms. The van der Waals surface area contributed by atoms with Crippen molar-refractivity contribution >= 4 is 11.8 Å². The molecule has 3 N–H and O–H groups in total. The molecule has 0 aromatic heterocycles. The average molecular weight is 226 g/mol. The summed E-state index contributed by atoms with van der Waals surface area (Å²) in [6, 6.07) is 0. The number of unbranched alkanes of at least 4 members (excludes halogenated alkanes) is 5. The van der Waals surface area contributed by atoms with Gasteiger partial charge in [0.15, 0.2) is 0 Å². The van der Waals surface area contributed by atoms with Gasteiger partial charge in [-0.25, -0.2) is 0 Å². The standard InChI is InChI=1S/C12H22N2O2/c1-2-3-4-5-6-7-10-14-12(16)9-8-11(13)15/h8-9H,2-7,10H2,1H3,(H2,13,15)(H,14,16). The molecule has 0 unspecified atom stereocenters. The lowest BCUT2D eigenvalue weighted by Gasteiger charge is -2.02. The number of hydrogen-bond donors (Lipinski definition) is 2. The molecule has 0 aliphatic rings. The minimum atomic E-state index is -0.602. The first kappa shape index (κ1) is 14.7. The lowest BCUT2D eigenvalue weighted by Crippen LogP contribution is -2.22. The molecular formula is C12H22N2O2. The van der Waals surface area contributed by atoms with Crippen LogP contribution in [0, 0.1) is 0 Å². The van der Waals surface area contributed by atoms with E-state index >= 15 is 0 Å². The second kappa shape index (κ2) is 10.2. The van der Waals surface area contributed by atoms with Crippen LogP contribution in [0.3, 0.4) is 0 Å². The highest BCUT2D eigenvalue weighted by Gasteiger charge is 1.95. The largest absolute Gasteiger partial charge is 0.366 e. The van der Waals surface area contributed by atoms with Gasteiger partial charge in [-0.3, -0.25) is 9.59 Å². The maximum Gasteiger partial charge on any atom is 0.244 e. The van der Waals surface area contributed by atoms with Gasteiger partial charge in [-0.1, -0.05) is 39.0 Å².